The van der Waals surface area contributed by atoms with Crippen LogP contribution in [0.25, 0.3) is 0 Å². The molecule has 0 spiro atoms. The second kappa shape index (κ2) is 8.01. The molecule has 2 aromatic carbocycles. The Balaban J connectivity index is 2.00. The number of para-hydroxylation sites is 1. The lowest BCUT2D eigenvalue weighted by atomic mass is 10.1. The summed E-state index contributed by atoms with van der Waals surface area (Å²) in [5, 5.41) is 20.0. The highest BCUT2D eigenvalue weighted by molar-refractivity contribution is 7.99. The van der Waals surface area contributed by atoms with E-state index in [1.165, 1.54) is 6.92 Å². The van der Waals surface area contributed by atoms with Gasteiger partial charge in [-0.3, -0.25) is 0 Å². The molecule has 27 heavy (non-hydrogen) atoms. The number of carboxylic acids is 1. The first-order chi connectivity index (χ1) is 13.0. The molecule has 0 radical (unpaired) electrons. The molecule has 0 aliphatic rings. The first kappa shape index (κ1) is 18.6. The average molecular weight is 384 g/mol. The Hall–Kier alpha value is -3.19. The van der Waals surface area contributed by atoms with Crippen molar-refractivity contribution in [2.45, 2.75) is 22.8 Å². The van der Waals surface area contributed by atoms with Crippen LogP contribution < -0.4 is 10.4 Å². The normalized spacial score (nSPS) is 11.7. The second-order valence-electron chi connectivity index (χ2n) is 5.62. The van der Waals surface area contributed by atoms with Crippen molar-refractivity contribution in [2.75, 3.05) is 0 Å². The Morgan fingerprint density at radius 1 is 1.07 bits per heavy atom. The third-order valence-electron chi connectivity index (χ3n) is 3.75. The van der Waals surface area contributed by atoms with Crippen molar-refractivity contribution in [3.63, 3.8) is 0 Å². The fourth-order valence-corrected chi connectivity index (χ4v) is 3.31. The van der Waals surface area contributed by atoms with Gasteiger partial charge in [0, 0.05) is 10.5 Å². The Morgan fingerprint density at radius 3 is 2.26 bits per heavy atom. The molecule has 3 rings (SSSR count). The molecule has 6 nitrogen and oxygen atoms in total. The minimum Gasteiger partial charge on any atom is -0.506 e. The predicted molar refractivity (Wildman–Crippen MR) is 99.4 cm³/mol. The monoisotopic (exact) mass is 384 g/mol. The number of aromatic hydroxyl groups is 1. The van der Waals surface area contributed by atoms with Crippen molar-refractivity contribution in [3.8, 4) is 11.5 Å². The highest BCUT2D eigenvalue weighted by Gasteiger charge is 2.30. The fourth-order valence-electron chi connectivity index (χ4n) is 2.40. The first-order valence-corrected chi connectivity index (χ1v) is 8.83. The highest BCUT2D eigenvalue weighted by Crippen LogP contribution is 2.37. The minimum atomic E-state index is -1.57. The van der Waals surface area contributed by atoms with Crippen molar-refractivity contribution >= 4 is 17.7 Å². The van der Waals surface area contributed by atoms with Crippen LogP contribution in [0.5, 0.6) is 11.5 Å². The number of carbonyl (C=O) groups is 1. The molecule has 1 unspecified atom stereocenters. The van der Waals surface area contributed by atoms with Gasteiger partial charge in [0.25, 0.3) is 6.10 Å². The largest absolute Gasteiger partial charge is 0.506 e. The van der Waals surface area contributed by atoms with E-state index in [4.69, 9.17) is 9.15 Å². The van der Waals surface area contributed by atoms with Gasteiger partial charge >= 0.3 is 11.6 Å². The summed E-state index contributed by atoms with van der Waals surface area (Å²) < 4.78 is 10.7. The van der Waals surface area contributed by atoms with Crippen LogP contribution in [0.3, 0.4) is 0 Å². The van der Waals surface area contributed by atoms with Crippen molar-refractivity contribution in [2.24, 2.45) is 0 Å². The number of aliphatic carboxylic acids is 1. The van der Waals surface area contributed by atoms with E-state index in [-0.39, 0.29) is 22.0 Å². The summed E-state index contributed by atoms with van der Waals surface area (Å²) in [4.78, 5) is 24.8. The van der Waals surface area contributed by atoms with E-state index in [1.807, 2.05) is 6.07 Å². The Morgan fingerprint density at radius 2 is 1.67 bits per heavy atom. The SMILES string of the molecule is Cc1c(C(Oc2ccccc2)C(=O)O)oc(=O)c(Sc2ccccc2)c1O. The van der Waals surface area contributed by atoms with Gasteiger partial charge in [-0.2, -0.15) is 0 Å². The van der Waals surface area contributed by atoms with Gasteiger partial charge in [-0.15, -0.1) is 0 Å². The van der Waals surface area contributed by atoms with Gasteiger partial charge in [0.05, 0.1) is 0 Å². The van der Waals surface area contributed by atoms with Gasteiger partial charge in [-0.1, -0.05) is 48.2 Å². The summed E-state index contributed by atoms with van der Waals surface area (Å²) in [5.41, 5.74) is -0.693. The quantitative estimate of drug-likeness (QED) is 0.663. The Labute approximate surface area is 159 Å². The van der Waals surface area contributed by atoms with Crippen LogP contribution in [-0.4, -0.2) is 16.2 Å². The van der Waals surface area contributed by atoms with Gasteiger partial charge in [-0.25, -0.2) is 9.59 Å². The predicted octanol–water partition coefficient (Wildman–Crippen LogP) is 4.01. The third kappa shape index (κ3) is 4.15. The Kier molecular flexibility index (Phi) is 5.52. The summed E-state index contributed by atoms with van der Waals surface area (Å²) >= 11 is 1.04. The molecule has 0 saturated carbocycles. The molecule has 2 N–H and O–H groups in total. The van der Waals surface area contributed by atoms with Crippen LogP contribution in [-0.2, 0) is 4.79 Å². The maximum atomic E-state index is 12.4. The fraction of sp³-hybridized carbons (Fsp3) is 0.100. The van der Waals surface area contributed by atoms with E-state index in [0.717, 1.165) is 16.7 Å². The van der Waals surface area contributed by atoms with E-state index in [1.54, 1.807) is 54.6 Å². The molecular formula is C20H16O6S. The number of ether oxygens (including phenoxy) is 1. The van der Waals surface area contributed by atoms with Gasteiger partial charge in [0.2, 0.25) is 0 Å². The molecule has 1 heterocycles. The van der Waals surface area contributed by atoms with Gasteiger partial charge in [0.1, 0.15) is 16.4 Å². The summed E-state index contributed by atoms with van der Waals surface area (Å²) in [6.07, 6.45) is -1.57. The van der Waals surface area contributed by atoms with Crippen molar-refractivity contribution in [3.05, 3.63) is 82.4 Å². The first-order valence-electron chi connectivity index (χ1n) is 8.01. The number of carboxylic acid groups (broad SMARTS) is 1. The lowest BCUT2D eigenvalue weighted by Crippen LogP contribution is -2.21. The molecule has 0 bridgehead atoms. The zero-order valence-corrected chi connectivity index (χ0v) is 15.1. The smallest absolute Gasteiger partial charge is 0.354 e. The average Bonchev–Trinajstić information content (AvgIpc) is 2.68. The van der Waals surface area contributed by atoms with Crippen LogP contribution in [0, 0.1) is 6.92 Å². The van der Waals surface area contributed by atoms with Crippen LogP contribution >= 0.6 is 11.8 Å². The van der Waals surface area contributed by atoms with E-state index >= 15 is 0 Å². The molecule has 0 saturated heterocycles. The zero-order chi connectivity index (χ0) is 19.4. The molecule has 0 amide bonds. The number of benzene rings is 2. The summed E-state index contributed by atoms with van der Waals surface area (Å²) in [6, 6.07) is 17.3. The van der Waals surface area contributed by atoms with E-state index in [0.29, 0.717) is 5.75 Å². The van der Waals surface area contributed by atoms with Crippen LogP contribution in [0.15, 0.2) is 79.7 Å². The van der Waals surface area contributed by atoms with Crippen LogP contribution in [0.2, 0.25) is 0 Å². The van der Waals surface area contributed by atoms with Crippen molar-refractivity contribution in [1.29, 1.82) is 0 Å². The van der Waals surface area contributed by atoms with Crippen LogP contribution in [0.4, 0.5) is 0 Å². The summed E-state index contributed by atoms with van der Waals surface area (Å²) in [6.45, 7) is 1.48. The van der Waals surface area contributed by atoms with E-state index in [9.17, 15) is 19.8 Å². The maximum Gasteiger partial charge on any atom is 0.354 e. The molecule has 0 fully saturated rings. The third-order valence-corrected chi connectivity index (χ3v) is 4.82. The molecule has 3 aromatic rings. The second-order valence-corrected chi connectivity index (χ2v) is 6.70. The van der Waals surface area contributed by atoms with E-state index in [2.05, 4.69) is 0 Å². The number of hydrogen-bond donors (Lipinski definition) is 2. The standard InChI is InChI=1S/C20H16O6S/c1-12-15(21)18(27-14-10-6-3-7-11-14)20(24)26-16(12)17(19(22)23)25-13-8-4-2-5-9-13/h2-11,17,21H,1H3,(H,22,23). The zero-order valence-electron chi connectivity index (χ0n) is 14.3. The molecule has 0 aliphatic heterocycles. The highest BCUT2D eigenvalue weighted by atomic mass is 32.2. The van der Waals surface area contributed by atoms with Crippen LogP contribution in [0.1, 0.15) is 17.4 Å². The van der Waals surface area contributed by atoms with Crippen molar-refractivity contribution in [1.82, 2.24) is 0 Å². The molecule has 7 heteroatoms. The van der Waals surface area contributed by atoms with Gasteiger partial charge in [-0.05, 0) is 31.2 Å². The maximum absolute atomic E-state index is 12.4. The topological polar surface area (TPSA) is 97.0 Å². The summed E-state index contributed by atoms with van der Waals surface area (Å²) in [7, 11) is 0. The Bertz CT molecular complexity index is 998. The van der Waals surface area contributed by atoms with E-state index < -0.39 is 17.7 Å². The van der Waals surface area contributed by atoms with Gasteiger partial charge < -0.3 is 19.4 Å². The molecule has 1 aromatic heterocycles. The van der Waals surface area contributed by atoms with Crippen molar-refractivity contribution < 1.29 is 24.2 Å². The molecule has 0 aliphatic carbocycles. The minimum absolute atomic E-state index is 0.00806. The number of rotatable bonds is 6. The number of hydrogen-bond acceptors (Lipinski definition) is 6. The lowest BCUT2D eigenvalue weighted by molar-refractivity contribution is -0.146. The lowest BCUT2D eigenvalue weighted by Gasteiger charge is -2.17. The van der Waals surface area contributed by atoms with Gasteiger partial charge in [0.15, 0.2) is 5.76 Å². The molecular weight excluding hydrogens is 368 g/mol. The molecule has 138 valence electrons. The molecule has 1 atom stereocenters. The summed E-state index contributed by atoms with van der Waals surface area (Å²) in [5.74, 6) is -1.61.